The maximum Gasteiger partial charge on any atom is 0.266 e. The van der Waals surface area contributed by atoms with Gasteiger partial charge in [-0.2, -0.15) is 5.26 Å². The van der Waals surface area contributed by atoms with Crippen molar-refractivity contribution in [1.82, 2.24) is 0 Å². The number of para-hydroxylation sites is 1. The van der Waals surface area contributed by atoms with Gasteiger partial charge in [-0.3, -0.25) is 4.79 Å². The van der Waals surface area contributed by atoms with Crippen molar-refractivity contribution in [1.29, 1.82) is 5.26 Å². The van der Waals surface area contributed by atoms with Gasteiger partial charge < -0.3 is 15.2 Å². The molecular formula is C28H22N2O3. The number of benzene rings is 4. The molecule has 0 bridgehead atoms. The summed E-state index contributed by atoms with van der Waals surface area (Å²) < 4.78 is 6.16. The number of anilines is 1. The molecule has 0 radical (unpaired) electrons. The van der Waals surface area contributed by atoms with Crippen LogP contribution in [0, 0.1) is 18.3 Å². The van der Waals surface area contributed by atoms with Crippen LogP contribution >= 0.6 is 0 Å². The first-order chi connectivity index (χ1) is 16.0. The van der Waals surface area contributed by atoms with E-state index in [4.69, 9.17) is 4.74 Å². The summed E-state index contributed by atoms with van der Waals surface area (Å²) >= 11 is 0. The maximum atomic E-state index is 12.6. The molecule has 0 aliphatic carbocycles. The van der Waals surface area contributed by atoms with E-state index in [1.54, 1.807) is 18.2 Å². The van der Waals surface area contributed by atoms with Gasteiger partial charge in [-0.25, -0.2) is 0 Å². The summed E-state index contributed by atoms with van der Waals surface area (Å²) in [5.41, 5.74) is 3.29. The second kappa shape index (κ2) is 9.71. The minimum Gasteiger partial charge on any atom is -0.508 e. The molecule has 0 unspecified atom stereocenters. The highest BCUT2D eigenvalue weighted by molar-refractivity contribution is 6.09. The number of phenols is 1. The van der Waals surface area contributed by atoms with Gasteiger partial charge in [-0.15, -0.1) is 0 Å². The number of amides is 1. The number of nitrogens with one attached hydrogen (secondary N) is 1. The normalized spacial score (nSPS) is 11.1. The second-order valence-electron chi connectivity index (χ2n) is 7.58. The highest BCUT2D eigenvalue weighted by atomic mass is 16.5. The standard InChI is InChI=1S/C28H22N2O3/c1-19-10-11-20-6-2-4-8-25(20)26(19)18-33-27-9-5-3-7-21(27)16-22(17-29)28(32)30-23-12-14-24(31)15-13-23/h2-16,31H,18H2,1H3,(H,30,32)/b22-16+. The van der Waals surface area contributed by atoms with E-state index in [2.05, 4.69) is 36.5 Å². The summed E-state index contributed by atoms with van der Waals surface area (Å²) in [6, 6.07) is 27.6. The van der Waals surface area contributed by atoms with Gasteiger partial charge in [0, 0.05) is 16.8 Å². The summed E-state index contributed by atoms with van der Waals surface area (Å²) in [4.78, 5) is 12.6. The molecule has 5 nitrogen and oxygen atoms in total. The van der Waals surface area contributed by atoms with Gasteiger partial charge in [0.2, 0.25) is 0 Å². The minimum atomic E-state index is -0.539. The van der Waals surface area contributed by atoms with Gasteiger partial charge in [0.05, 0.1) is 0 Å². The van der Waals surface area contributed by atoms with Crippen molar-refractivity contribution in [3.63, 3.8) is 0 Å². The molecule has 162 valence electrons. The fourth-order valence-corrected chi connectivity index (χ4v) is 3.56. The van der Waals surface area contributed by atoms with E-state index in [0.717, 1.165) is 21.9 Å². The molecule has 0 aliphatic rings. The minimum absolute atomic E-state index is 0.0551. The fourth-order valence-electron chi connectivity index (χ4n) is 3.56. The third-order valence-electron chi connectivity index (χ3n) is 5.36. The van der Waals surface area contributed by atoms with Crippen LogP contribution in [-0.2, 0) is 11.4 Å². The number of hydrogen-bond donors (Lipinski definition) is 2. The Bertz CT molecular complexity index is 1380. The number of hydrogen-bond acceptors (Lipinski definition) is 4. The van der Waals surface area contributed by atoms with Gasteiger partial charge in [-0.1, -0.05) is 54.6 Å². The van der Waals surface area contributed by atoms with Crippen LogP contribution in [0.4, 0.5) is 5.69 Å². The molecule has 0 fully saturated rings. The number of carbonyl (C=O) groups excluding carboxylic acids is 1. The number of aromatic hydroxyl groups is 1. The number of phenolic OH excluding ortho intramolecular Hbond substituents is 1. The Morgan fingerprint density at radius 3 is 2.52 bits per heavy atom. The highest BCUT2D eigenvalue weighted by Crippen LogP contribution is 2.27. The molecule has 4 rings (SSSR count). The summed E-state index contributed by atoms with van der Waals surface area (Å²) in [5.74, 6) is 0.134. The molecule has 0 spiro atoms. The number of rotatable bonds is 6. The van der Waals surface area contributed by atoms with Crippen LogP contribution in [0.25, 0.3) is 16.8 Å². The SMILES string of the molecule is Cc1ccc2ccccc2c1COc1ccccc1/C=C(\C#N)C(=O)Nc1ccc(O)cc1. The average Bonchev–Trinajstić information content (AvgIpc) is 2.84. The number of carbonyl (C=O) groups is 1. The van der Waals surface area contributed by atoms with Gasteiger partial charge in [0.1, 0.15) is 29.7 Å². The van der Waals surface area contributed by atoms with Crippen molar-refractivity contribution < 1.29 is 14.6 Å². The topological polar surface area (TPSA) is 82.3 Å². The van der Waals surface area contributed by atoms with Crippen molar-refractivity contribution in [2.45, 2.75) is 13.5 Å². The van der Waals surface area contributed by atoms with Crippen molar-refractivity contribution >= 4 is 28.4 Å². The smallest absolute Gasteiger partial charge is 0.266 e. The molecule has 0 aromatic heterocycles. The molecule has 0 saturated carbocycles. The number of nitriles is 1. The summed E-state index contributed by atoms with van der Waals surface area (Å²) in [6.07, 6.45) is 1.51. The lowest BCUT2D eigenvalue weighted by molar-refractivity contribution is -0.112. The number of nitrogens with zero attached hydrogens (tertiary/aromatic N) is 1. The number of fused-ring (bicyclic) bond motifs is 1. The molecule has 1 amide bonds. The van der Waals surface area contributed by atoms with Crippen molar-refractivity contribution in [2.24, 2.45) is 0 Å². The zero-order chi connectivity index (χ0) is 23.2. The van der Waals surface area contributed by atoms with E-state index < -0.39 is 5.91 Å². The molecule has 0 aliphatic heterocycles. The molecule has 33 heavy (non-hydrogen) atoms. The Labute approximate surface area is 192 Å². The van der Waals surface area contributed by atoms with Crippen molar-refractivity contribution in [3.05, 3.63) is 107 Å². The predicted octanol–water partition coefficient (Wildman–Crippen LogP) is 5.98. The zero-order valence-electron chi connectivity index (χ0n) is 18.1. The van der Waals surface area contributed by atoms with Gasteiger partial charge in [0.25, 0.3) is 5.91 Å². The Morgan fingerprint density at radius 2 is 1.73 bits per heavy atom. The maximum absolute atomic E-state index is 12.6. The highest BCUT2D eigenvalue weighted by Gasteiger charge is 2.12. The first-order valence-electron chi connectivity index (χ1n) is 10.5. The fraction of sp³-hybridized carbons (Fsp3) is 0.0714. The van der Waals surface area contributed by atoms with E-state index in [1.807, 2.05) is 36.4 Å². The monoisotopic (exact) mass is 434 g/mol. The van der Waals surface area contributed by atoms with Crippen LogP contribution < -0.4 is 10.1 Å². The van der Waals surface area contributed by atoms with Crippen LogP contribution in [0.2, 0.25) is 0 Å². The predicted molar refractivity (Wildman–Crippen MR) is 130 cm³/mol. The first kappa shape index (κ1) is 21.7. The Morgan fingerprint density at radius 1 is 1.00 bits per heavy atom. The van der Waals surface area contributed by atoms with Gasteiger partial charge in [-0.05, 0) is 59.7 Å². The quantitative estimate of drug-likeness (QED) is 0.222. The van der Waals surface area contributed by atoms with E-state index in [0.29, 0.717) is 23.6 Å². The summed E-state index contributed by atoms with van der Waals surface area (Å²) in [7, 11) is 0. The number of aryl methyl sites for hydroxylation is 1. The van der Waals surface area contributed by atoms with E-state index in [-0.39, 0.29) is 11.3 Å². The van der Waals surface area contributed by atoms with Gasteiger partial charge in [0.15, 0.2) is 0 Å². The Balaban J connectivity index is 1.58. The average molecular weight is 434 g/mol. The van der Waals surface area contributed by atoms with Crippen LogP contribution in [0.15, 0.2) is 90.5 Å². The molecule has 0 heterocycles. The lowest BCUT2D eigenvalue weighted by Crippen LogP contribution is -2.13. The Hall–Kier alpha value is -4.56. The molecular weight excluding hydrogens is 412 g/mol. The van der Waals surface area contributed by atoms with Crippen LogP contribution in [0.5, 0.6) is 11.5 Å². The van der Waals surface area contributed by atoms with E-state index in [1.165, 1.54) is 18.2 Å². The van der Waals surface area contributed by atoms with Crippen LogP contribution in [-0.4, -0.2) is 11.0 Å². The van der Waals surface area contributed by atoms with Crippen molar-refractivity contribution in [3.8, 4) is 17.6 Å². The van der Waals surface area contributed by atoms with Crippen LogP contribution in [0.1, 0.15) is 16.7 Å². The number of ether oxygens (including phenoxy) is 1. The third kappa shape index (κ3) is 5.03. The first-order valence-corrected chi connectivity index (χ1v) is 10.5. The van der Waals surface area contributed by atoms with Gasteiger partial charge >= 0.3 is 0 Å². The third-order valence-corrected chi connectivity index (χ3v) is 5.36. The summed E-state index contributed by atoms with van der Waals surface area (Å²) in [6.45, 7) is 2.41. The largest absolute Gasteiger partial charge is 0.508 e. The Kier molecular flexibility index (Phi) is 6.38. The van der Waals surface area contributed by atoms with Crippen molar-refractivity contribution in [2.75, 3.05) is 5.32 Å². The second-order valence-corrected chi connectivity index (χ2v) is 7.58. The zero-order valence-corrected chi connectivity index (χ0v) is 18.1. The molecule has 0 atom stereocenters. The van der Waals surface area contributed by atoms with E-state index in [9.17, 15) is 15.2 Å². The molecule has 0 saturated heterocycles. The molecule has 4 aromatic rings. The lowest BCUT2D eigenvalue weighted by Gasteiger charge is -2.14. The molecule has 4 aromatic carbocycles. The van der Waals surface area contributed by atoms with Crippen LogP contribution in [0.3, 0.4) is 0 Å². The summed E-state index contributed by atoms with van der Waals surface area (Å²) in [5, 5.41) is 23.9. The molecule has 5 heteroatoms. The van der Waals surface area contributed by atoms with E-state index >= 15 is 0 Å². The lowest BCUT2D eigenvalue weighted by atomic mass is 10.0. The molecule has 2 N–H and O–H groups in total.